The van der Waals surface area contributed by atoms with Crippen LogP contribution in [0.15, 0.2) is 18.2 Å². The Labute approximate surface area is 112 Å². The molecule has 0 unspecified atom stereocenters. The SMILES string of the molecule is CNCc1ccc(N(C)CC(C)C)cc1C(F)(F)F. The number of hydrogen-bond donors (Lipinski definition) is 1. The zero-order valence-electron chi connectivity index (χ0n) is 11.8. The van der Waals surface area contributed by atoms with Gasteiger partial charge in [-0.2, -0.15) is 13.2 Å². The number of anilines is 1. The van der Waals surface area contributed by atoms with Gasteiger partial charge in [0.2, 0.25) is 0 Å². The number of alkyl halides is 3. The molecular weight excluding hydrogens is 253 g/mol. The molecule has 0 saturated carbocycles. The van der Waals surface area contributed by atoms with Crippen LogP contribution in [0.1, 0.15) is 25.0 Å². The highest BCUT2D eigenvalue weighted by Gasteiger charge is 2.33. The van der Waals surface area contributed by atoms with Gasteiger partial charge in [-0.05, 0) is 30.7 Å². The molecule has 108 valence electrons. The van der Waals surface area contributed by atoms with Gasteiger partial charge in [0.15, 0.2) is 0 Å². The Morgan fingerprint density at radius 1 is 1.26 bits per heavy atom. The Hall–Kier alpha value is -1.23. The second kappa shape index (κ2) is 6.28. The molecule has 19 heavy (non-hydrogen) atoms. The summed E-state index contributed by atoms with van der Waals surface area (Å²) in [5.41, 5.74) is 0.313. The standard InChI is InChI=1S/C14H21F3N2/c1-10(2)9-19(4)12-6-5-11(8-18-3)13(7-12)14(15,16)17/h5-7,10,18H,8-9H2,1-4H3. The van der Waals surface area contributed by atoms with Crippen LogP contribution in [0.5, 0.6) is 0 Å². The highest BCUT2D eigenvalue weighted by Crippen LogP contribution is 2.34. The molecule has 0 aliphatic heterocycles. The summed E-state index contributed by atoms with van der Waals surface area (Å²) in [7, 11) is 3.45. The second-order valence-electron chi connectivity index (χ2n) is 5.14. The molecule has 0 atom stereocenters. The van der Waals surface area contributed by atoms with Gasteiger partial charge in [0.1, 0.15) is 0 Å². The lowest BCUT2D eigenvalue weighted by atomic mass is 10.0. The molecule has 0 aromatic heterocycles. The van der Waals surface area contributed by atoms with Gasteiger partial charge >= 0.3 is 6.18 Å². The first-order valence-corrected chi connectivity index (χ1v) is 6.31. The van der Waals surface area contributed by atoms with Gasteiger partial charge in [0.25, 0.3) is 0 Å². The van der Waals surface area contributed by atoms with Gasteiger partial charge in [0.05, 0.1) is 5.56 Å². The lowest BCUT2D eigenvalue weighted by Crippen LogP contribution is -2.23. The predicted molar refractivity (Wildman–Crippen MR) is 72.3 cm³/mol. The summed E-state index contributed by atoms with van der Waals surface area (Å²) in [6, 6.07) is 4.52. The summed E-state index contributed by atoms with van der Waals surface area (Å²) in [4.78, 5) is 1.85. The largest absolute Gasteiger partial charge is 0.416 e. The fourth-order valence-electron chi connectivity index (χ4n) is 2.06. The third kappa shape index (κ3) is 4.42. The molecule has 1 aromatic rings. The van der Waals surface area contributed by atoms with Crippen LogP contribution in [0.3, 0.4) is 0 Å². The van der Waals surface area contributed by atoms with Gasteiger partial charge in [-0.3, -0.25) is 0 Å². The maximum absolute atomic E-state index is 13.0. The van der Waals surface area contributed by atoms with E-state index in [4.69, 9.17) is 0 Å². The summed E-state index contributed by atoms with van der Waals surface area (Å²) in [6.07, 6.45) is -4.32. The van der Waals surface area contributed by atoms with Crippen molar-refractivity contribution in [3.05, 3.63) is 29.3 Å². The summed E-state index contributed by atoms with van der Waals surface area (Å²) in [5, 5.41) is 2.76. The lowest BCUT2D eigenvalue weighted by molar-refractivity contribution is -0.138. The van der Waals surface area contributed by atoms with Crippen molar-refractivity contribution in [3.63, 3.8) is 0 Å². The number of rotatable bonds is 5. The van der Waals surface area contributed by atoms with E-state index in [0.29, 0.717) is 11.6 Å². The maximum atomic E-state index is 13.0. The number of benzene rings is 1. The fraction of sp³-hybridized carbons (Fsp3) is 0.571. The normalized spacial score (nSPS) is 12.0. The monoisotopic (exact) mass is 274 g/mol. The molecule has 0 heterocycles. The molecule has 0 spiro atoms. The van der Waals surface area contributed by atoms with E-state index in [2.05, 4.69) is 5.32 Å². The molecule has 0 radical (unpaired) electrons. The van der Waals surface area contributed by atoms with Crippen molar-refractivity contribution in [2.45, 2.75) is 26.6 Å². The first kappa shape index (κ1) is 15.8. The molecule has 0 aliphatic carbocycles. The molecule has 1 rings (SSSR count). The number of nitrogens with zero attached hydrogens (tertiary/aromatic N) is 1. The van der Waals surface area contributed by atoms with E-state index in [1.165, 1.54) is 6.07 Å². The molecule has 2 nitrogen and oxygen atoms in total. The van der Waals surface area contributed by atoms with Crippen molar-refractivity contribution in [3.8, 4) is 0 Å². The van der Waals surface area contributed by atoms with E-state index in [9.17, 15) is 13.2 Å². The maximum Gasteiger partial charge on any atom is 0.416 e. The van der Waals surface area contributed by atoms with Crippen LogP contribution in [0.2, 0.25) is 0 Å². The van der Waals surface area contributed by atoms with E-state index >= 15 is 0 Å². The number of halogens is 3. The minimum Gasteiger partial charge on any atom is -0.374 e. The van der Waals surface area contributed by atoms with Crippen LogP contribution in [-0.4, -0.2) is 20.6 Å². The van der Waals surface area contributed by atoms with Crippen molar-refractivity contribution < 1.29 is 13.2 Å². The summed E-state index contributed by atoms with van der Waals surface area (Å²) in [6.45, 7) is 5.01. The van der Waals surface area contributed by atoms with E-state index in [-0.39, 0.29) is 12.1 Å². The van der Waals surface area contributed by atoms with Crippen molar-refractivity contribution in [1.82, 2.24) is 5.32 Å². The third-order valence-corrected chi connectivity index (χ3v) is 2.85. The quantitative estimate of drug-likeness (QED) is 0.884. The molecule has 0 saturated heterocycles. The zero-order chi connectivity index (χ0) is 14.6. The molecule has 1 N–H and O–H groups in total. The van der Waals surface area contributed by atoms with E-state index in [0.717, 1.165) is 6.54 Å². The van der Waals surface area contributed by atoms with E-state index < -0.39 is 11.7 Å². The Morgan fingerprint density at radius 3 is 2.37 bits per heavy atom. The van der Waals surface area contributed by atoms with Gasteiger partial charge in [0, 0.05) is 25.8 Å². The highest BCUT2D eigenvalue weighted by atomic mass is 19.4. The van der Waals surface area contributed by atoms with Gasteiger partial charge in [-0.25, -0.2) is 0 Å². The van der Waals surface area contributed by atoms with Crippen molar-refractivity contribution >= 4 is 5.69 Å². The lowest BCUT2D eigenvalue weighted by Gasteiger charge is -2.23. The summed E-state index contributed by atoms with van der Waals surface area (Å²) < 4.78 is 39.1. The molecule has 5 heteroatoms. The average molecular weight is 274 g/mol. The van der Waals surface area contributed by atoms with Crippen LogP contribution < -0.4 is 10.2 Å². The van der Waals surface area contributed by atoms with Crippen LogP contribution in [-0.2, 0) is 12.7 Å². The van der Waals surface area contributed by atoms with E-state index in [1.54, 1.807) is 19.2 Å². The van der Waals surface area contributed by atoms with Crippen molar-refractivity contribution in [1.29, 1.82) is 0 Å². The summed E-state index contributed by atoms with van der Waals surface area (Å²) >= 11 is 0. The number of nitrogens with one attached hydrogen (secondary N) is 1. The van der Waals surface area contributed by atoms with Gasteiger partial charge in [-0.15, -0.1) is 0 Å². The third-order valence-electron chi connectivity index (χ3n) is 2.85. The van der Waals surface area contributed by atoms with Crippen molar-refractivity contribution in [2.75, 3.05) is 25.5 Å². The molecule has 0 bridgehead atoms. The average Bonchev–Trinajstić information content (AvgIpc) is 2.27. The summed E-state index contributed by atoms with van der Waals surface area (Å²) in [5.74, 6) is 0.399. The first-order valence-electron chi connectivity index (χ1n) is 6.31. The molecule has 1 aromatic carbocycles. The van der Waals surface area contributed by atoms with Crippen LogP contribution in [0, 0.1) is 5.92 Å². The molecule has 0 aliphatic rings. The van der Waals surface area contributed by atoms with E-state index in [1.807, 2.05) is 25.8 Å². The Balaban J connectivity index is 3.11. The second-order valence-corrected chi connectivity index (χ2v) is 5.14. The Bertz CT molecular complexity index is 414. The first-order chi connectivity index (χ1) is 8.75. The highest BCUT2D eigenvalue weighted by molar-refractivity contribution is 5.51. The van der Waals surface area contributed by atoms with Gasteiger partial charge in [-0.1, -0.05) is 19.9 Å². The number of hydrogen-bond acceptors (Lipinski definition) is 2. The van der Waals surface area contributed by atoms with Crippen LogP contribution in [0.4, 0.5) is 18.9 Å². The Morgan fingerprint density at radius 2 is 1.89 bits per heavy atom. The molecular formula is C14H21F3N2. The molecule has 0 fully saturated rings. The predicted octanol–water partition coefficient (Wildman–Crippen LogP) is 3.52. The topological polar surface area (TPSA) is 15.3 Å². The Kier molecular flexibility index (Phi) is 5.23. The van der Waals surface area contributed by atoms with Crippen LogP contribution in [0.25, 0.3) is 0 Å². The van der Waals surface area contributed by atoms with Crippen LogP contribution >= 0.6 is 0 Å². The smallest absolute Gasteiger partial charge is 0.374 e. The minimum absolute atomic E-state index is 0.211. The zero-order valence-corrected chi connectivity index (χ0v) is 11.8. The minimum atomic E-state index is -4.32. The fourth-order valence-corrected chi connectivity index (χ4v) is 2.06. The van der Waals surface area contributed by atoms with Gasteiger partial charge < -0.3 is 10.2 Å². The van der Waals surface area contributed by atoms with Crippen molar-refractivity contribution in [2.24, 2.45) is 5.92 Å². The molecule has 0 amide bonds.